The molecule has 0 N–H and O–H groups in total. The van der Waals surface area contributed by atoms with E-state index in [2.05, 4.69) is 33.7 Å². The van der Waals surface area contributed by atoms with E-state index in [4.69, 9.17) is 4.42 Å². The summed E-state index contributed by atoms with van der Waals surface area (Å²) in [5.41, 5.74) is 5.01. The summed E-state index contributed by atoms with van der Waals surface area (Å²) in [6.45, 7) is 8.90. The predicted octanol–water partition coefficient (Wildman–Crippen LogP) is 2.91. The van der Waals surface area contributed by atoms with Gasteiger partial charge < -0.3 is 14.2 Å². The van der Waals surface area contributed by atoms with Crippen molar-refractivity contribution in [2.75, 3.05) is 39.8 Å². The van der Waals surface area contributed by atoms with Crippen molar-refractivity contribution in [2.24, 2.45) is 0 Å². The molecular formula is C25H28N6O2. The van der Waals surface area contributed by atoms with E-state index in [1.165, 1.54) is 0 Å². The molecule has 8 nitrogen and oxygen atoms in total. The Kier molecular flexibility index (Phi) is 4.74. The van der Waals surface area contributed by atoms with Crippen LogP contribution in [0, 0.1) is 6.92 Å². The minimum atomic E-state index is 0.0423. The van der Waals surface area contributed by atoms with Crippen molar-refractivity contribution in [3.05, 3.63) is 54.3 Å². The Hall–Kier alpha value is -3.23. The van der Waals surface area contributed by atoms with Crippen LogP contribution in [0.1, 0.15) is 23.3 Å². The number of aromatic nitrogens is 3. The third-order valence-electron chi connectivity index (χ3n) is 7.21. The third-order valence-corrected chi connectivity index (χ3v) is 7.21. The first kappa shape index (κ1) is 20.4. The number of benzene rings is 1. The van der Waals surface area contributed by atoms with Gasteiger partial charge in [-0.05, 0) is 49.4 Å². The number of oxazole rings is 1. The number of carbonyl (C=O) groups is 1. The molecule has 2 aliphatic heterocycles. The van der Waals surface area contributed by atoms with Crippen molar-refractivity contribution in [2.45, 2.75) is 25.9 Å². The smallest absolute Gasteiger partial charge is 0.272 e. The first-order valence-electron chi connectivity index (χ1n) is 11.5. The number of hydrogen-bond donors (Lipinski definition) is 0. The summed E-state index contributed by atoms with van der Waals surface area (Å²) in [4.78, 5) is 29.1. The number of pyridine rings is 1. The van der Waals surface area contributed by atoms with Gasteiger partial charge in [-0.2, -0.15) is 0 Å². The fourth-order valence-corrected chi connectivity index (χ4v) is 4.95. The molecule has 0 radical (unpaired) electrons. The molecule has 0 bridgehead atoms. The number of rotatable bonds is 3. The van der Waals surface area contributed by atoms with E-state index in [-0.39, 0.29) is 5.91 Å². The summed E-state index contributed by atoms with van der Waals surface area (Å²) in [5.74, 6) is 0.694. The molecule has 5 heterocycles. The Labute approximate surface area is 192 Å². The van der Waals surface area contributed by atoms with Crippen molar-refractivity contribution in [3.8, 4) is 11.1 Å². The lowest BCUT2D eigenvalue weighted by Crippen LogP contribution is -2.65. The van der Waals surface area contributed by atoms with Crippen molar-refractivity contribution in [1.82, 2.24) is 29.1 Å². The Morgan fingerprint density at radius 3 is 2.73 bits per heavy atom. The number of piperazine rings is 1. The maximum atomic E-state index is 13.3. The number of amides is 1. The van der Waals surface area contributed by atoms with Gasteiger partial charge in [-0.3, -0.25) is 14.1 Å². The van der Waals surface area contributed by atoms with E-state index in [0.29, 0.717) is 23.7 Å². The number of aryl methyl sites for hydroxylation is 1. The number of hydrogen-bond acceptors (Lipinski definition) is 6. The first-order valence-corrected chi connectivity index (χ1v) is 11.5. The van der Waals surface area contributed by atoms with Crippen LogP contribution in [-0.4, -0.2) is 86.8 Å². The molecule has 1 atom stereocenters. The van der Waals surface area contributed by atoms with Gasteiger partial charge in [0, 0.05) is 57.9 Å². The second-order valence-electron chi connectivity index (χ2n) is 9.39. The molecule has 1 amide bonds. The molecule has 0 aliphatic carbocycles. The van der Waals surface area contributed by atoms with Crippen LogP contribution in [0.2, 0.25) is 0 Å². The molecule has 6 rings (SSSR count). The van der Waals surface area contributed by atoms with Crippen molar-refractivity contribution in [1.29, 1.82) is 0 Å². The summed E-state index contributed by atoms with van der Waals surface area (Å²) >= 11 is 0. The number of likely N-dealkylation sites (N-methyl/N-ethyl adjacent to an activating group) is 1. The topological polar surface area (TPSA) is 70.1 Å². The first-order chi connectivity index (χ1) is 16.0. The second-order valence-corrected chi connectivity index (χ2v) is 9.39. The molecule has 4 aromatic rings. The van der Waals surface area contributed by atoms with Crippen LogP contribution in [0.5, 0.6) is 0 Å². The third kappa shape index (κ3) is 3.50. The highest BCUT2D eigenvalue weighted by atomic mass is 16.3. The minimum Gasteiger partial charge on any atom is -0.441 e. The normalized spacial score (nSPS) is 20.6. The zero-order chi connectivity index (χ0) is 22.7. The summed E-state index contributed by atoms with van der Waals surface area (Å²) in [7, 11) is 2.18. The van der Waals surface area contributed by atoms with Crippen LogP contribution >= 0.6 is 0 Å². The number of nitrogens with zero attached hydrogens (tertiary/aromatic N) is 6. The average Bonchev–Trinajstić information content (AvgIpc) is 3.36. The summed E-state index contributed by atoms with van der Waals surface area (Å²) < 4.78 is 7.50. The van der Waals surface area contributed by atoms with Gasteiger partial charge in [0.25, 0.3) is 5.91 Å². The average molecular weight is 445 g/mol. The molecule has 0 spiro atoms. The van der Waals surface area contributed by atoms with Crippen LogP contribution in [0.15, 0.2) is 47.1 Å². The van der Waals surface area contributed by atoms with Crippen molar-refractivity contribution in [3.63, 3.8) is 0 Å². The van der Waals surface area contributed by atoms with E-state index in [1.807, 2.05) is 52.8 Å². The Bertz CT molecular complexity index is 1350. The van der Waals surface area contributed by atoms with Crippen molar-refractivity contribution < 1.29 is 9.21 Å². The van der Waals surface area contributed by atoms with Gasteiger partial charge in [-0.15, -0.1) is 0 Å². The molecule has 170 valence electrons. The number of imidazole rings is 1. The monoisotopic (exact) mass is 444 g/mol. The Morgan fingerprint density at radius 1 is 1.09 bits per heavy atom. The molecule has 33 heavy (non-hydrogen) atoms. The van der Waals surface area contributed by atoms with Gasteiger partial charge in [0.1, 0.15) is 16.9 Å². The van der Waals surface area contributed by atoms with E-state index in [1.54, 1.807) is 6.20 Å². The van der Waals surface area contributed by atoms with E-state index in [9.17, 15) is 4.79 Å². The molecule has 2 fully saturated rings. The van der Waals surface area contributed by atoms with Gasteiger partial charge in [0.2, 0.25) is 0 Å². The van der Waals surface area contributed by atoms with Crippen LogP contribution in [-0.2, 0) is 0 Å². The standard InChI is InChI=1S/C25H28N6O2/c1-16-12-29(9-8-28(16)3)20-14-30(15-20)25(32)22-11-26-24-7-5-19(13-31(22)24)18-4-6-23-21(10-18)27-17(2)33-23/h4-7,10-11,13,16,20H,8-9,12,14-15H2,1-3H3/t16-/m0/s1. The lowest BCUT2D eigenvalue weighted by atomic mass is 10.0. The molecular weight excluding hydrogens is 416 g/mol. The van der Waals surface area contributed by atoms with E-state index in [0.717, 1.165) is 60.6 Å². The zero-order valence-electron chi connectivity index (χ0n) is 19.2. The highest BCUT2D eigenvalue weighted by Crippen LogP contribution is 2.27. The molecule has 1 aromatic carbocycles. The maximum absolute atomic E-state index is 13.3. The SMILES string of the molecule is Cc1nc2cc(-c3ccc4ncc(C(=O)N5CC(N6CCN(C)[C@@H](C)C6)C5)n4c3)ccc2o1. The van der Waals surface area contributed by atoms with Crippen LogP contribution in [0.25, 0.3) is 27.9 Å². The minimum absolute atomic E-state index is 0.0423. The second kappa shape index (κ2) is 7.67. The van der Waals surface area contributed by atoms with E-state index < -0.39 is 0 Å². The predicted molar refractivity (Wildman–Crippen MR) is 126 cm³/mol. The molecule has 8 heteroatoms. The molecule has 3 aromatic heterocycles. The lowest BCUT2D eigenvalue weighted by Gasteiger charge is -2.49. The van der Waals surface area contributed by atoms with E-state index >= 15 is 0 Å². The highest BCUT2D eigenvalue weighted by molar-refractivity contribution is 5.94. The molecule has 0 unspecified atom stereocenters. The Morgan fingerprint density at radius 2 is 1.91 bits per heavy atom. The van der Waals surface area contributed by atoms with Crippen molar-refractivity contribution >= 4 is 22.7 Å². The number of likely N-dealkylation sites (tertiary alicyclic amines) is 1. The molecule has 2 saturated heterocycles. The molecule has 0 saturated carbocycles. The highest BCUT2D eigenvalue weighted by Gasteiger charge is 2.38. The quantitative estimate of drug-likeness (QED) is 0.484. The summed E-state index contributed by atoms with van der Waals surface area (Å²) in [6.07, 6.45) is 3.68. The van der Waals surface area contributed by atoms with Gasteiger partial charge in [-0.1, -0.05) is 6.07 Å². The Balaban J connectivity index is 1.22. The van der Waals surface area contributed by atoms with Gasteiger partial charge in [-0.25, -0.2) is 9.97 Å². The number of fused-ring (bicyclic) bond motifs is 2. The maximum Gasteiger partial charge on any atom is 0.272 e. The largest absolute Gasteiger partial charge is 0.441 e. The van der Waals surface area contributed by atoms with Gasteiger partial charge >= 0.3 is 0 Å². The van der Waals surface area contributed by atoms with Gasteiger partial charge in [0.05, 0.1) is 6.20 Å². The zero-order valence-corrected chi connectivity index (χ0v) is 19.2. The number of carbonyl (C=O) groups excluding carboxylic acids is 1. The fourth-order valence-electron chi connectivity index (χ4n) is 4.95. The summed E-state index contributed by atoms with van der Waals surface area (Å²) in [5, 5.41) is 0. The van der Waals surface area contributed by atoms with Crippen LogP contribution in [0.3, 0.4) is 0 Å². The van der Waals surface area contributed by atoms with Crippen LogP contribution in [0.4, 0.5) is 0 Å². The van der Waals surface area contributed by atoms with Crippen LogP contribution < -0.4 is 0 Å². The fraction of sp³-hybridized carbons (Fsp3) is 0.400. The van der Waals surface area contributed by atoms with Gasteiger partial charge in [0.15, 0.2) is 11.5 Å². The molecule has 2 aliphatic rings. The summed E-state index contributed by atoms with van der Waals surface area (Å²) in [6, 6.07) is 11.0. The lowest BCUT2D eigenvalue weighted by molar-refractivity contribution is -0.00187.